The molecular weight excluding hydrogens is 518 g/mol. The Kier molecular flexibility index (Phi) is 10.9. The smallest absolute Gasteiger partial charge is 0.410 e. The molecule has 1 fully saturated rings. The Labute approximate surface area is 233 Å². The van der Waals surface area contributed by atoms with Gasteiger partial charge < -0.3 is 34.4 Å². The number of amides is 3. The van der Waals surface area contributed by atoms with Crippen molar-refractivity contribution < 1.29 is 38.5 Å². The second kappa shape index (κ2) is 14.6. The minimum absolute atomic E-state index is 0.0197. The van der Waals surface area contributed by atoms with E-state index in [1.807, 2.05) is 13.0 Å². The van der Waals surface area contributed by atoms with Crippen molar-refractivity contribution in [3.8, 4) is 5.75 Å². The predicted octanol–water partition coefficient (Wildman–Crippen LogP) is 3.55. The van der Waals surface area contributed by atoms with Crippen LogP contribution in [0.2, 0.25) is 0 Å². The van der Waals surface area contributed by atoms with E-state index in [1.165, 1.54) is 18.0 Å². The van der Waals surface area contributed by atoms with Gasteiger partial charge in [-0.15, -0.1) is 0 Å². The van der Waals surface area contributed by atoms with Crippen LogP contribution >= 0.6 is 0 Å². The maximum Gasteiger partial charge on any atom is 0.410 e. The number of carbonyl (C=O) groups is 4. The van der Waals surface area contributed by atoms with Gasteiger partial charge in [-0.1, -0.05) is 56.0 Å². The van der Waals surface area contributed by atoms with Gasteiger partial charge in [-0.3, -0.25) is 4.79 Å². The third-order valence-corrected chi connectivity index (χ3v) is 6.31. The molecule has 3 rings (SSSR count). The highest BCUT2D eigenvalue weighted by molar-refractivity contribution is 5.95. The number of aliphatic carboxylic acids is 1. The molecule has 1 aliphatic rings. The quantitative estimate of drug-likeness (QED) is 0.381. The first-order valence-corrected chi connectivity index (χ1v) is 12.9. The molecule has 3 amide bonds. The number of likely N-dealkylation sites (tertiary alicyclic amines) is 1. The third-order valence-electron chi connectivity index (χ3n) is 6.31. The predicted molar refractivity (Wildman–Crippen MR) is 146 cm³/mol. The summed E-state index contributed by atoms with van der Waals surface area (Å²) in [5, 5.41) is 11.9. The third kappa shape index (κ3) is 8.75. The standard InChI is InChI=1S/C29H35N3O8/c1-4-13-38-29(37)32-16-20(2)14-23(32)19-39-24-12-8-11-22(15-24)26(33)31(3)17-25(27(34)35)30-28(36)40-18-21-9-6-5-7-10-21/h4-12,15,20,23,25H,1,13-14,16-19H2,2-3H3,(H,30,36)(H,34,35)/t20-,23+,25+/m1/s1. The molecule has 0 radical (unpaired) electrons. The van der Waals surface area contributed by atoms with Crippen molar-refractivity contribution in [1.29, 1.82) is 0 Å². The Morgan fingerprint density at radius 3 is 2.60 bits per heavy atom. The van der Waals surface area contributed by atoms with Crippen LogP contribution in [0.1, 0.15) is 29.3 Å². The van der Waals surface area contributed by atoms with Crippen molar-refractivity contribution in [3.63, 3.8) is 0 Å². The molecule has 0 unspecified atom stereocenters. The Hall–Kier alpha value is -4.54. The van der Waals surface area contributed by atoms with Crippen LogP contribution in [0, 0.1) is 5.92 Å². The molecule has 3 atom stereocenters. The number of carbonyl (C=O) groups excluding carboxylic acids is 3. The lowest BCUT2D eigenvalue weighted by Gasteiger charge is -2.24. The Morgan fingerprint density at radius 2 is 1.90 bits per heavy atom. The molecule has 0 bridgehead atoms. The monoisotopic (exact) mass is 553 g/mol. The lowest BCUT2D eigenvalue weighted by Crippen LogP contribution is -2.49. The summed E-state index contributed by atoms with van der Waals surface area (Å²) in [4.78, 5) is 52.2. The average molecular weight is 554 g/mol. The van der Waals surface area contributed by atoms with E-state index in [9.17, 15) is 24.3 Å². The number of ether oxygens (including phenoxy) is 3. The highest BCUT2D eigenvalue weighted by Gasteiger charge is 2.34. The van der Waals surface area contributed by atoms with Crippen molar-refractivity contribution in [3.05, 3.63) is 78.4 Å². The zero-order chi connectivity index (χ0) is 29.1. The summed E-state index contributed by atoms with van der Waals surface area (Å²) in [5.74, 6) is -1.05. The highest BCUT2D eigenvalue weighted by atomic mass is 16.6. The van der Waals surface area contributed by atoms with Crippen LogP contribution in [0.5, 0.6) is 5.75 Å². The summed E-state index contributed by atoms with van der Waals surface area (Å²) >= 11 is 0. The minimum atomic E-state index is -1.38. The Balaban J connectivity index is 1.55. The van der Waals surface area contributed by atoms with Crippen LogP contribution in [-0.2, 0) is 20.9 Å². The number of carboxylic acid groups (broad SMARTS) is 1. The summed E-state index contributed by atoms with van der Waals surface area (Å²) in [6.45, 7) is 6.20. The number of hydrogen-bond donors (Lipinski definition) is 2. The van der Waals surface area contributed by atoms with Gasteiger partial charge in [-0.25, -0.2) is 14.4 Å². The first kappa shape index (κ1) is 30.0. The van der Waals surface area contributed by atoms with Gasteiger partial charge in [0.15, 0.2) is 0 Å². The first-order valence-electron chi connectivity index (χ1n) is 12.9. The molecule has 0 aromatic heterocycles. The molecule has 214 valence electrons. The van der Waals surface area contributed by atoms with Gasteiger partial charge in [0.2, 0.25) is 0 Å². The summed E-state index contributed by atoms with van der Waals surface area (Å²) in [6, 6.07) is 13.9. The van der Waals surface area contributed by atoms with E-state index in [1.54, 1.807) is 53.4 Å². The minimum Gasteiger partial charge on any atom is -0.491 e. The highest BCUT2D eigenvalue weighted by Crippen LogP contribution is 2.25. The van der Waals surface area contributed by atoms with Crippen molar-refractivity contribution in [2.75, 3.05) is 33.4 Å². The lowest BCUT2D eigenvalue weighted by molar-refractivity contribution is -0.139. The SMILES string of the molecule is C=CCOC(=O)N1C[C@H](C)C[C@H]1COc1cccc(C(=O)N(C)C[C@H](NC(=O)OCc2ccccc2)C(=O)O)c1. The van der Waals surface area contributed by atoms with E-state index in [0.29, 0.717) is 12.3 Å². The number of hydrogen-bond acceptors (Lipinski definition) is 7. The van der Waals surface area contributed by atoms with Crippen molar-refractivity contribution in [2.24, 2.45) is 5.92 Å². The maximum atomic E-state index is 13.1. The Morgan fingerprint density at radius 1 is 1.15 bits per heavy atom. The van der Waals surface area contributed by atoms with Crippen molar-refractivity contribution in [2.45, 2.75) is 32.0 Å². The number of carboxylic acids is 1. The molecule has 0 spiro atoms. The van der Waals surface area contributed by atoms with E-state index in [4.69, 9.17) is 14.2 Å². The lowest BCUT2D eigenvalue weighted by atomic mass is 10.1. The van der Waals surface area contributed by atoms with Crippen LogP contribution < -0.4 is 10.1 Å². The number of alkyl carbamates (subject to hydrolysis) is 1. The van der Waals surface area contributed by atoms with Gasteiger partial charge in [0, 0.05) is 19.2 Å². The zero-order valence-electron chi connectivity index (χ0n) is 22.7. The van der Waals surface area contributed by atoms with Crippen molar-refractivity contribution in [1.82, 2.24) is 15.1 Å². The fourth-order valence-electron chi connectivity index (χ4n) is 4.33. The molecule has 1 saturated heterocycles. The van der Waals surface area contributed by atoms with Gasteiger partial charge in [-0.2, -0.15) is 0 Å². The summed E-state index contributed by atoms with van der Waals surface area (Å²) < 4.78 is 16.2. The van der Waals surface area contributed by atoms with Gasteiger partial charge in [-0.05, 0) is 36.1 Å². The number of likely N-dealkylation sites (N-methyl/N-ethyl adjacent to an activating group) is 1. The fraction of sp³-hybridized carbons (Fsp3) is 0.379. The second-order valence-electron chi connectivity index (χ2n) is 9.63. The van der Waals surface area contributed by atoms with Crippen LogP contribution in [0.15, 0.2) is 67.3 Å². The molecule has 0 saturated carbocycles. The van der Waals surface area contributed by atoms with Gasteiger partial charge in [0.05, 0.1) is 12.6 Å². The van der Waals surface area contributed by atoms with E-state index >= 15 is 0 Å². The van der Waals surface area contributed by atoms with Crippen LogP contribution in [0.3, 0.4) is 0 Å². The van der Waals surface area contributed by atoms with Crippen molar-refractivity contribution >= 4 is 24.1 Å². The van der Waals surface area contributed by atoms with E-state index < -0.39 is 30.1 Å². The molecule has 1 aliphatic heterocycles. The average Bonchev–Trinajstić information content (AvgIpc) is 3.33. The molecule has 1 heterocycles. The summed E-state index contributed by atoms with van der Waals surface area (Å²) in [7, 11) is 1.44. The first-order chi connectivity index (χ1) is 19.2. The molecular formula is C29H35N3O8. The number of benzene rings is 2. The van der Waals surface area contributed by atoms with Gasteiger partial charge in [0.1, 0.15) is 31.6 Å². The van der Waals surface area contributed by atoms with Crippen LogP contribution in [0.4, 0.5) is 9.59 Å². The Bertz CT molecular complexity index is 1190. The molecule has 2 N–H and O–H groups in total. The number of nitrogens with one attached hydrogen (secondary N) is 1. The van der Waals surface area contributed by atoms with E-state index in [0.717, 1.165) is 12.0 Å². The summed E-state index contributed by atoms with van der Waals surface area (Å²) in [5.41, 5.74) is 1.03. The molecule has 40 heavy (non-hydrogen) atoms. The van der Waals surface area contributed by atoms with Gasteiger partial charge >= 0.3 is 18.2 Å². The largest absolute Gasteiger partial charge is 0.491 e. The molecule has 2 aromatic carbocycles. The molecule has 0 aliphatic carbocycles. The molecule has 11 heteroatoms. The topological polar surface area (TPSA) is 135 Å². The molecule has 11 nitrogen and oxygen atoms in total. The summed E-state index contributed by atoms with van der Waals surface area (Å²) in [6.07, 6.45) is 0.932. The van der Waals surface area contributed by atoms with Gasteiger partial charge in [0.25, 0.3) is 5.91 Å². The number of nitrogens with zero attached hydrogens (tertiary/aromatic N) is 2. The fourth-order valence-corrected chi connectivity index (χ4v) is 4.33. The van der Waals surface area contributed by atoms with E-state index in [-0.39, 0.29) is 43.9 Å². The van der Waals surface area contributed by atoms with Crippen LogP contribution in [0.25, 0.3) is 0 Å². The maximum absolute atomic E-state index is 13.1. The van der Waals surface area contributed by atoms with Crippen LogP contribution in [-0.4, -0.2) is 84.4 Å². The zero-order valence-corrected chi connectivity index (χ0v) is 22.7. The molecule has 2 aromatic rings. The second-order valence-corrected chi connectivity index (χ2v) is 9.63. The van der Waals surface area contributed by atoms with E-state index in [2.05, 4.69) is 11.9 Å². The normalized spacial score (nSPS) is 16.9. The number of rotatable bonds is 12.